The van der Waals surface area contributed by atoms with Crippen LogP contribution in [0.3, 0.4) is 0 Å². The maximum atomic E-state index is 12.9. The lowest BCUT2D eigenvalue weighted by molar-refractivity contribution is -0.122. The lowest BCUT2D eigenvalue weighted by atomic mass is 10.2. The van der Waals surface area contributed by atoms with Crippen molar-refractivity contribution in [2.24, 2.45) is 0 Å². The highest BCUT2D eigenvalue weighted by Gasteiger charge is 2.34. The Labute approximate surface area is 172 Å². The summed E-state index contributed by atoms with van der Waals surface area (Å²) < 4.78 is 0.995. The summed E-state index contributed by atoms with van der Waals surface area (Å²) in [5, 5.41) is 13.4. The third-order valence-corrected chi connectivity index (χ3v) is 6.64. The van der Waals surface area contributed by atoms with Gasteiger partial charge in [-0.3, -0.25) is 4.79 Å². The smallest absolute Gasteiger partial charge is 0.243 e. The molecule has 1 aliphatic heterocycles. The SMILES string of the molecule is O=C(NCc1ccccc1)[C@H]1CCCN1c1nc2nc(CO)nc(C3CC3)c2s1. The molecule has 0 radical (unpaired) electrons. The van der Waals surface area contributed by atoms with Crippen molar-refractivity contribution in [1.82, 2.24) is 20.3 Å². The second kappa shape index (κ2) is 7.68. The van der Waals surface area contributed by atoms with Crippen LogP contribution in [0, 0.1) is 0 Å². The minimum Gasteiger partial charge on any atom is -0.388 e. The third kappa shape index (κ3) is 3.70. The highest BCUT2D eigenvalue weighted by molar-refractivity contribution is 7.22. The molecule has 29 heavy (non-hydrogen) atoms. The van der Waals surface area contributed by atoms with Gasteiger partial charge in [-0.05, 0) is 31.2 Å². The molecule has 0 spiro atoms. The second-order valence-electron chi connectivity index (χ2n) is 7.66. The van der Waals surface area contributed by atoms with Crippen molar-refractivity contribution in [3.05, 3.63) is 47.4 Å². The van der Waals surface area contributed by atoms with Crippen molar-refractivity contribution in [2.45, 2.75) is 50.8 Å². The van der Waals surface area contributed by atoms with E-state index < -0.39 is 0 Å². The van der Waals surface area contributed by atoms with Gasteiger partial charge in [-0.15, -0.1) is 0 Å². The van der Waals surface area contributed by atoms with E-state index in [1.807, 2.05) is 30.3 Å². The van der Waals surface area contributed by atoms with Gasteiger partial charge in [0.05, 0.1) is 10.4 Å². The van der Waals surface area contributed by atoms with Crippen molar-refractivity contribution >= 4 is 32.7 Å². The Morgan fingerprint density at radius 2 is 2.00 bits per heavy atom. The summed E-state index contributed by atoms with van der Waals surface area (Å²) in [6.45, 7) is 1.15. The van der Waals surface area contributed by atoms with Crippen LogP contribution in [-0.4, -0.2) is 38.6 Å². The van der Waals surface area contributed by atoms with Gasteiger partial charge in [0.15, 0.2) is 16.6 Å². The average Bonchev–Trinajstić information content (AvgIpc) is 3.32. The number of fused-ring (bicyclic) bond motifs is 1. The average molecular weight is 410 g/mol. The number of carbonyl (C=O) groups is 1. The van der Waals surface area contributed by atoms with Gasteiger partial charge < -0.3 is 15.3 Å². The zero-order chi connectivity index (χ0) is 19.8. The molecule has 2 aromatic heterocycles. The number of nitrogens with one attached hydrogen (secondary N) is 1. The molecule has 7 nitrogen and oxygen atoms in total. The quantitative estimate of drug-likeness (QED) is 0.651. The number of aromatic nitrogens is 3. The molecule has 0 unspecified atom stereocenters. The summed E-state index contributed by atoms with van der Waals surface area (Å²) >= 11 is 1.57. The summed E-state index contributed by atoms with van der Waals surface area (Å²) in [7, 11) is 0. The maximum Gasteiger partial charge on any atom is 0.243 e. The van der Waals surface area contributed by atoms with E-state index in [-0.39, 0.29) is 18.6 Å². The number of amides is 1. The number of nitrogens with zero attached hydrogens (tertiary/aromatic N) is 4. The molecule has 150 valence electrons. The number of aliphatic hydroxyl groups is 1. The second-order valence-corrected chi connectivity index (χ2v) is 8.64. The van der Waals surface area contributed by atoms with Crippen LogP contribution in [-0.2, 0) is 17.9 Å². The molecular formula is C21H23N5O2S. The van der Waals surface area contributed by atoms with Crippen LogP contribution < -0.4 is 10.2 Å². The van der Waals surface area contributed by atoms with Crippen LogP contribution in [0.4, 0.5) is 5.13 Å². The Morgan fingerprint density at radius 3 is 2.76 bits per heavy atom. The molecule has 3 aromatic rings. The molecule has 8 heteroatoms. The highest BCUT2D eigenvalue weighted by Crippen LogP contribution is 2.44. The van der Waals surface area contributed by atoms with Crippen LogP contribution >= 0.6 is 11.3 Å². The molecule has 2 fully saturated rings. The van der Waals surface area contributed by atoms with Crippen molar-refractivity contribution in [1.29, 1.82) is 0 Å². The summed E-state index contributed by atoms with van der Waals surface area (Å²) in [6.07, 6.45) is 4.03. The Hall–Kier alpha value is -2.58. The minimum absolute atomic E-state index is 0.0372. The third-order valence-electron chi connectivity index (χ3n) is 5.53. The molecule has 1 atom stereocenters. The first-order valence-corrected chi connectivity index (χ1v) is 10.9. The zero-order valence-corrected chi connectivity index (χ0v) is 16.9. The van der Waals surface area contributed by atoms with Crippen LogP contribution in [0.15, 0.2) is 30.3 Å². The van der Waals surface area contributed by atoms with E-state index in [1.165, 1.54) is 0 Å². The summed E-state index contributed by atoms with van der Waals surface area (Å²) in [5.41, 5.74) is 2.74. The zero-order valence-electron chi connectivity index (χ0n) is 16.0. The van der Waals surface area contributed by atoms with E-state index in [4.69, 9.17) is 4.98 Å². The first-order valence-electron chi connectivity index (χ1n) is 10.1. The summed E-state index contributed by atoms with van der Waals surface area (Å²) in [4.78, 5) is 28.7. The topological polar surface area (TPSA) is 91.2 Å². The van der Waals surface area contributed by atoms with Crippen molar-refractivity contribution in [3.8, 4) is 0 Å². The summed E-state index contributed by atoms with van der Waals surface area (Å²) in [6, 6.07) is 9.73. The Balaban J connectivity index is 1.38. The van der Waals surface area contributed by atoms with Gasteiger partial charge >= 0.3 is 0 Å². The van der Waals surface area contributed by atoms with Crippen LogP contribution in [0.5, 0.6) is 0 Å². The Morgan fingerprint density at radius 1 is 1.17 bits per heavy atom. The van der Waals surface area contributed by atoms with Crippen LogP contribution in [0.2, 0.25) is 0 Å². The molecule has 1 aliphatic carbocycles. The predicted molar refractivity (Wildman–Crippen MR) is 112 cm³/mol. The minimum atomic E-state index is -0.214. The highest BCUT2D eigenvalue weighted by atomic mass is 32.1. The number of thiazole rings is 1. The van der Waals surface area contributed by atoms with Gasteiger partial charge in [0.2, 0.25) is 5.91 Å². The molecule has 1 aromatic carbocycles. The summed E-state index contributed by atoms with van der Waals surface area (Å²) in [5.74, 6) is 0.910. The molecule has 1 saturated heterocycles. The number of benzene rings is 1. The van der Waals surface area contributed by atoms with E-state index in [0.29, 0.717) is 23.9 Å². The normalized spacial score (nSPS) is 19.1. The molecule has 2 N–H and O–H groups in total. The fourth-order valence-corrected chi connectivity index (χ4v) is 5.03. The van der Waals surface area contributed by atoms with Crippen molar-refractivity contribution < 1.29 is 9.90 Å². The Bertz CT molecular complexity index is 1030. The molecule has 1 amide bonds. The Kier molecular flexibility index (Phi) is 4.89. The first kappa shape index (κ1) is 18.4. The molecule has 5 rings (SSSR count). The maximum absolute atomic E-state index is 12.9. The van der Waals surface area contributed by atoms with Gasteiger partial charge in [0, 0.05) is 19.0 Å². The van der Waals surface area contributed by atoms with Crippen molar-refractivity contribution in [2.75, 3.05) is 11.4 Å². The number of carbonyl (C=O) groups excluding carboxylic acids is 1. The molecule has 0 bridgehead atoms. The van der Waals surface area contributed by atoms with E-state index in [1.54, 1.807) is 11.3 Å². The first-order chi connectivity index (χ1) is 14.2. The number of rotatable bonds is 6. The number of hydrogen-bond donors (Lipinski definition) is 2. The largest absolute Gasteiger partial charge is 0.388 e. The van der Waals surface area contributed by atoms with E-state index >= 15 is 0 Å². The fraction of sp³-hybridized carbons (Fsp3) is 0.429. The molecule has 1 saturated carbocycles. The van der Waals surface area contributed by atoms with Gasteiger partial charge in [-0.1, -0.05) is 41.7 Å². The molecular weight excluding hydrogens is 386 g/mol. The lowest BCUT2D eigenvalue weighted by Crippen LogP contribution is -2.43. The number of hydrogen-bond acceptors (Lipinski definition) is 7. The van der Waals surface area contributed by atoms with Crippen LogP contribution in [0.1, 0.15) is 48.7 Å². The predicted octanol–water partition coefficient (Wildman–Crippen LogP) is 2.74. The van der Waals surface area contributed by atoms with Gasteiger partial charge in [0.25, 0.3) is 0 Å². The monoisotopic (exact) mass is 409 g/mol. The van der Waals surface area contributed by atoms with Gasteiger partial charge in [-0.25, -0.2) is 9.97 Å². The van der Waals surface area contributed by atoms with Gasteiger partial charge in [0.1, 0.15) is 12.6 Å². The van der Waals surface area contributed by atoms with E-state index in [9.17, 15) is 9.90 Å². The fourth-order valence-electron chi connectivity index (χ4n) is 3.88. The molecule has 3 heterocycles. The van der Waals surface area contributed by atoms with Crippen LogP contribution in [0.25, 0.3) is 10.3 Å². The van der Waals surface area contributed by atoms with E-state index in [0.717, 1.165) is 53.3 Å². The number of anilines is 1. The molecule has 2 aliphatic rings. The van der Waals surface area contributed by atoms with Gasteiger partial charge in [-0.2, -0.15) is 4.98 Å². The lowest BCUT2D eigenvalue weighted by Gasteiger charge is -2.23. The van der Waals surface area contributed by atoms with E-state index in [2.05, 4.69) is 20.2 Å². The van der Waals surface area contributed by atoms with Crippen molar-refractivity contribution in [3.63, 3.8) is 0 Å². The standard InChI is InChI=1S/C21H23N5O2S/c27-12-16-23-17(14-8-9-14)18-19(24-16)25-21(29-18)26-10-4-7-15(26)20(28)22-11-13-5-2-1-3-6-13/h1-3,5-6,14-15,27H,4,7-12H2,(H,22,28)/t15-/m1/s1. The number of aliphatic hydroxyl groups excluding tert-OH is 1.